The number of anilines is 1. The number of halogens is 1. The molecule has 1 fully saturated rings. The van der Waals surface area contributed by atoms with Crippen LogP contribution < -0.4 is 9.62 Å². The Kier molecular flexibility index (Phi) is 9.19. The van der Waals surface area contributed by atoms with Gasteiger partial charge in [0.05, 0.1) is 11.9 Å². The van der Waals surface area contributed by atoms with E-state index >= 15 is 0 Å². The first kappa shape index (κ1) is 27.0. The van der Waals surface area contributed by atoms with E-state index in [0.29, 0.717) is 29.2 Å². The van der Waals surface area contributed by atoms with Gasteiger partial charge in [0.25, 0.3) is 0 Å². The fourth-order valence-electron chi connectivity index (χ4n) is 4.46. The molecule has 1 aliphatic carbocycles. The zero-order valence-electron chi connectivity index (χ0n) is 20.5. The molecule has 190 valence electrons. The van der Waals surface area contributed by atoms with Gasteiger partial charge in [-0.05, 0) is 62.4 Å². The van der Waals surface area contributed by atoms with E-state index in [4.69, 9.17) is 11.6 Å². The van der Waals surface area contributed by atoms with E-state index in [1.165, 1.54) is 4.90 Å². The minimum Gasteiger partial charge on any atom is -0.352 e. The fourth-order valence-corrected chi connectivity index (χ4v) is 5.59. The molecule has 0 heterocycles. The number of amides is 2. The van der Waals surface area contributed by atoms with Gasteiger partial charge in [-0.3, -0.25) is 13.9 Å². The van der Waals surface area contributed by atoms with Gasteiger partial charge < -0.3 is 10.2 Å². The van der Waals surface area contributed by atoms with Gasteiger partial charge in [0.1, 0.15) is 12.6 Å². The quantitative estimate of drug-likeness (QED) is 0.515. The van der Waals surface area contributed by atoms with Gasteiger partial charge in [-0.2, -0.15) is 0 Å². The van der Waals surface area contributed by atoms with Crippen molar-refractivity contribution < 1.29 is 18.0 Å². The third-order valence-corrected chi connectivity index (χ3v) is 7.82. The van der Waals surface area contributed by atoms with Gasteiger partial charge in [0, 0.05) is 17.6 Å². The van der Waals surface area contributed by atoms with E-state index in [2.05, 4.69) is 5.32 Å². The van der Waals surface area contributed by atoms with Crippen LogP contribution in [0.2, 0.25) is 5.02 Å². The lowest BCUT2D eigenvalue weighted by Crippen LogP contribution is -2.53. The second kappa shape index (κ2) is 11.9. The minimum atomic E-state index is -3.77. The maximum Gasteiger partial charge on any atom is 0.244 e. The Morgan fingerprint density at radius 1 is 1.11 bits per heavy atom. The van der Waals surface area contributed by atoms with Crippen molar-refractivity contribution in [3.8, 4) is 0 Å². The van der Waals surface area contributed by atoms with Crippen LogP contribution in [-0.4, -0.2) is 56.6 Å². The highest BCUT2D eigenvalue weighted by molar-refractivity contribution is 7.92. The Hall–Kier alpha value is -2.58. The molecule has 0 aromatic heterocycles. The highest BCUT2D eigenvalue weighted by atomic mass is 35.5. The van der Waals surface area contributed by atoms with Crippen LogP contribution in [0.5, 0.6) is 0 Å². The summed E-state index contributed by atoms with van der Waals surface area (Å²) in [5, 5.41) is 3.54. The first-order valence-electron chi connectivity index (χ1n) is 11.9. The van der Waals surface area contributed by atoms with Crippen LogP contribution in [-0.2, 0) is 26.0 Å². The minimum absolute atomic E-state index is 0.125. The van der Waals surface area contributed by atoms with Crippen molar-refractivity contribution >= 4 is 39.1 Å². The summed E-state index contributed by atoms with van der Waals surface area (Å²) in [5.74, 6) is -0.651. The number of carbonyl (C=O) groups excluding carboxylic acids is 2. The number of nitrogens with one attached hydrogen (secondary N) is 1. The number of hydrogen-bond acceptors (Lipinski definition) is 4. The third-order valence-electron chi connectivity index (χ3n) is 6.46. The number of rotatable bonds is 10. The summed E-state index contributed by atoms with van der Waals surface area (Å²) < 4.78 is 26.4. The van der Waals surface area contributed by atoms with Crippen molar-refractivity contribution in [2.75, 3.05) is 23.7 Å². The summed E-state index contributed by atoms with van der Waals surface area (Å²) in [6.45, 7) is 3.33. The molecule has 2 aromatic carbocycles. The Bertz CT molecular complexity index is 1130. The van der Waals surface area contributed by atoms with Crippen LogP contribution in [0.15, 0.2) is 48.5 Å². The number of hydrogen-bond donors (Lipinski definition) is 1. The Labute approximate surface area is 213 Å². The maximum atomic E-state index is 13.6. The molecule has 7 nitrogen and oxygen atoms in total. The molecule has 2 aromatic rings. The fraction of sp³-hybridized carbons (Fsp3) is 0.462. The molecule has 2 amide bonds. The van der Waals surface area contributed by atoms with Crippen LogP contribution in [0.25, 0.3) is 0 Å². The molecule has 0 bridgehead atoms. The van der Waals surface area contributed by atoms with E-state index in [9.17, 15) is 18.0 Å². The van der Waals surface area contributed by atoms with E-state index < -0.39 is 28.5 Å². The van der Waals surface area contributed by atoms with Crippen LogP contribution in [0.1, 0.15) is 43.7 Å². The number of carbonyl (C=O) groups is 2. The van der Waals surface area contributed by atoms with Crippen LogP contribution >= 0.6 is 11.6 Å². The van der Waals surface area contributed by atoms with Gasteiger partial charge in [-0.25, -0.2) is 8.42 Å². The lowest BCUT2D eigenvalue weighted by molar-refractivity contribution is -0.139. The number of sulfonamides is 1. The third kappa shape index (κ3) is 7.45. The average molecular weight is 520 g/mol. The summed E-state index contributed by atoms with van der Waals surface area (Å²) in [6, 6.07) is 13.9. The van der Waals surface area contributed by atoms with Crippen molar-refractivity contribution in [1.29, 1.82) is 0 Å². The second-order valence-corrected chi connectivity index (χ2v) is 11.5. The van der Waals surface area contributed by atoms with E-state index in [0.717, 1.165) is 41.8 Å². The zero-order valence-corrected chi connectivity index (χ0v) is 22.1. The molecule has 1 saturated carbocycles. The Balaban J connectivity index is 1.84. The molecular weight excluding hydrogens is 486 g/mol. The van der Waals surface area contributed by atoms with Crippen molar-refractivity contribution in [3.05, 3.63) is 64.7 Å². The zero-order chi connectivity index (χ0) is 25.6. The second-order valence-electron chi connectivity index (χ2n) is 9.19. The van der Waals surface area contributed by atoms with Crippen molar-refractivity contribution in [3.63, 3.8) is 0 Å². The molecule has 0 saturated heterocycles. The van der Waals surface area contributed by atoms with Crippen LogP contribution in [0.4, 0.5) is 5.69 Å². The van der Waals surface area contributed by atoms with E-state index in [1.807, 2.05) is 30.3 Å². The molecule has 3 rings (SSSR count). The Morgan fingerprint density at radius 2 is 1.77 bits per heavy atom. The molecule has 1 aliphatic rings. The lowest BCUT2D eigenvalue weighted by Gasteiger charge is -2.32. The molecule has 0 spiro atoms. The summed E-state index contributed by atoms with van der Waals surface area (Å²) in [4.78, 5) is 28.1. The summed E-state index contributed by atoms with van der Waals surface area (Å²) in [6.07, 6.45) is 5.66. The van der Waals surface area contributed by atoms with E-state index in [-0.39, 0.29) is 11.9 Å². The molecule has 1 unspecified atom stereocenters. The monoisotopic (exact) mass is 519 g/mol. The van der Waals surface area contributed by atoms with Crippen molar-refractivity contribution in [2.45, 2.75) is 58.0 Å². The standard InChI is InChI=1S/C26H34ClN3O4S/c1-19-17-22(27)13-14-24(19)30(35(3,33)34)18-25(31)29(16-15-21-9-5-4-6-10-21)20(2)26(32)28-23-11-7-8-12-23/h4-6,9-10,13-14,17,20,23H,7-8,11-12,15-16,18H2,1-3H3,(H,28,32). The first-order chi connectivity index (χ1) is 16.6. The first-order valence-corrected chi connectivity index (χ1v) is 14.2. The molecule has 0 aliphatic heterocycles. The highest BCUT2D eigenvalue weighted by Gasteiger charge is 2.31. The normalized spacial score (nSPS) is 15.0. The van der Waals surface area contributed by atoms with Gasteiger partial charge in [0.2, 0.25) is 21.8 Å². The van der Waals surface area contributed by atoms with Gasteiger partial charge in [0.15, 0.2) is 0 Å². The summed E-state index contributed by atoms with van der Waals surface area (Å²) in [5.41, 5.74) is 2.05. The van der Waals surface area contributed by atoms with Crippen molar-refractivity contribution in [2.24, 2.45) is 0 Å². The molecule has 9 heteroatoms. The molecule has 35 heavy (non-hydrogen) atoms. The molecular formula is C26H34ClN3O4S. The predicted molar refractivity (Wildman–Crippen MR) is 140 cm³/mol. The highest BCUT2D eigenvalue weighted by Crippen LogP contribution is 2.26. The number of aryl methyl sites for hydroxylation is 1. The lowest BCUT2D eigenvalue weighted by atomic mass is 10.1. The average Bonchev–Trinajstić information content (AvgIpc) is 3.31. The number of benzene rings is 2. The number of nitrogens with zero attached hydrogens (tertiary/aromatic N) is 2. The largest absolute Gasteiger partial charge is 0.352 e. The van der Waals surface area contributed by atoms with E-state index in [1.54, 1.807) is 32.0 Å². The SMILES string of the molecule is Cc1cc(Cl)ccc1N(CC(=O)N(CCc1ccccc1)C(C)C(=O)NC1CCCC1)S(C)(=O)=O. The summed E-state index contributed by atoms with van der Waals surface area (Å²) in [7, 11) is -3.77. The van der Waals surface area contributed by atoms with Crippen LogP contribution in [0, 0.1) is 6.92 Å². The molecule has 1 atom stereocenters. The van der Waals surface area contributed by atoms with Crippen molar-refractivity contribution in [1.82, 2.24) is 10.2 Å². The smallest absolute Gasteiger partial charge is 0.244 e. The predicted octanol–water partition coefficient (Wildman–Crippen LogP) is 3.93. The maximum absolute atomic E-state index is 13.6. The molecule has 1 N–H and O–H groups in total. The topological polar surface area (TPSA) is 86.8 Å². The van der Waals surface area contributed by atoms with Gasteiger partial charge >= 0.3 is 0 Å². The molecule has 0 radical (unpaired) electrons. The van der Waals surface area contributed by atoms with Crippen LogP contribution in [0.3, 0.4) is 0 Å². The van der Waals surface area contributed by atoms with Gasteiger partial charge in [-0.15, -0.1) is 0 Å². The summed E-state index contributed by atoms with van der Waals surface area (Å²) >= 11 is 6.05. The Morgan fingerprint density at radius 3 is 2.37 bits per heavy atom. The van der Waals surface area contributed by atoms with Gasteiger partial charge in [-0.1, -0.05) is 54.8 Å².